The van der Waals surface area contributed by atoms with Gasteiger partial charge in [-0.3, -0.25) is 4.79 Å². The minimum absolute atomic E-state index is 0.0287. The molecule has 0 aliphatic heterocycles. The van der Waals surface area contributed by atoms with Gasteiger partial charge in [0.2, 0.25) is 0 Å². The number of pyridine rings is 1. The zero-order valence-electron chi connectivity index (χ0n) is 9.34. The second kappa shape index (κ2) is 4.05. The summed E-state index contributed by atoms with van der Waals surface area (Å²) in [5.41, 5.74) is 0.618. The van der Waals surface area contributed by atoms with Crippen molar-refractivity contribution in [2.45, 2.75) is 18.9 Å². The van der Waals surface area contributed by atoms with Crippen LogP contribution in [0.1, 0.15) is 23.2 Å². The Morgan fingerprint density at radius 1 is 1.29 bits per heavy atom. The fraction of sp³-hybridized carbons (Fsp3) is 0.231. The van der Waals surface area contributed by atoms with Crippen LogP contribution in [0.2, 0.25) is 0 Å². The summed E-state index contributed by atoms with van der Waals surface area (Å²) in [5, 5.41) is 2.94. The highest BCUT2D eigenvalue weighted by molar-refractivity contribution is 5.94. The van der Waals surface area contributed by atoms with E-state index in [1.807, 2.05) is 35.2 Å². The molecule has 0 aromatic carbocycles. The van der Waals surface area contributed by atoms with E-state index in [4.69, 9.17) is 0 Å². The molecule has 2 aromatic heterocycles. The second-order valence-corrected chi connectivity index (χ2v) is 4.24. The molecular weight excluding hydrogens is 214 g/mol. The molecule has 0 unspecified atom stereocenters. The summed E-state index contributed by atoms with van der Waals surface area (Å²) < 4.78 is 1.91. The lowest BCUT2D eigenvalue weighted by atomic mass is 10.2. The van der Waals surface area contributed by atoms with Crippen molar-refractivity contribution in [1.29, 1.82) is 0 Å². The third-order valence-electron chi connectivity index (χ3n) is 2.79. The Balaban J connectivity index is 1.77. The molecule has 0 spiro atoms. The number of amides is 1. The van der Waals surface area contributed by atoms with E-state index in [0.717, 1.165) is 18.7 Å². The Morgan fingerprint density at radius 2 is 2.06 bits per heavy atom. The van der Waals surface area contributed by atoms with E-state index in [9.17, 15) is 4.79 Å². The third kappa shape index (κ3) is 2.20. The maximum Gasteiger partial charge on any atom is 0.253 e. The first-order valence-corrected chi connectivity index (χ1v) is 5.73. The summed E-state index contributed by atoms with van der Waals surface area (Å²) in [6, 6.07) is 7.92. The SMILES string of the molecule is O=C(NC1CC1)c1ccc(-n2cccc2)nc1. The van der Waals surface area contributed by atoms with Gasteiger partial charge in [-0.2, -0.15) is 0 Å². The van der Waals surface area contributed by atoms with Gasteiger partial charge >= 0.3 is 0 Å². The van der Waals surface area contributed by atoms with Gasteiger partial charge in [0.15, 0.2) is 0 Å². The van der Waals surface area contributed by atoms with Crippen LogP contribution in [0, 0.1) is 0 Å². The summed E-state index contributed by atoms with van der Waals surface area (Å²) in [6.07, 6.45) is 7.66. The van der Waals surface area contributed by atoms with Gasteiger partial charge in [-0.1, -0.05) is 0 Å². The van der Waals surface area contributed by atoms with Crippen LogP contribution in [0.15, 0.2) is 42.9 Å². The molecule has 1 N–H and O–H groups in total. The summed E-state index contributed by atoms with van der Waals surface area (Å²) in [4.78, 5) is 16.0. The van der Waals surface area contributed by atoms with Crippen molar-refractivity contribution in [1.82, 2.24) is 14.9 Å². The van der Waals surface area contributed by atoms with Crippen molar-refractivity contribution in [3.63, 3.8) is 0 Å². The minimum Gasteiger partial charge on any atom is -0.349 e. The topological polar surface area (TPSA) is 46.9 Å². The van der Waals surface area contributed by atoms with Gasteiger partial charge < -0.3 is 9.88 Å². The average Bonchev–Trinajstić information content (AvgIpc) is 3.00. The molecule has 1 aliphatic rings. The molecule has 0 saturated heterocycles. The van der Waals surface area contributed by atoms with Crippen molar-refractivity contribution in [3.05, 3.63) is 48.4 Å². The molecule has 0 radical (unpaired) electrons. The Bertz CT molecular complexity index is 512. The molecule has 2 heterocycles. The maximum absolute atomic E-state index is 11.7. The van der Waals surface area contributed by atoms with Gasteiger partial charge in [-0.25, -0.2) is 4.98 Å². The normalized spacial score (nSPS) is 14.6. The molecule has 0 bridgehead atoms. The molecule has 3 rings (SSSR count). The van der Waals surface area contributed by atoms with Crippen LogP contribution < -0.4 is 5.32 Å². The van der Waals surface area contributed by atoms with Crippen molar-refractivity contribution in [3.8, 4) is 5.82 Å². The Hall–Kier alpha value is -2.10. The summed E-state index contributed by atoms with van der Waals surface area (Å²) >= 11 is 0. The minimum atomic E-state index is -0.0287. The maximum atomic E-state index is 11.7. The van der Waals surface area contributed by atoms with Crippen molar-refractivity contribution in [2.24, 2.45) is 0 Å². The van der Waals surface area contributed by atoms with E-state index >= 15 is 0 Å². The molecule has 17 heavy (non-hydrogen) atoms. The number of rotatable bonds is 3. The summed E-state index contributed by atoms with van der Waals surface area (Å²) in [6.45, 7) is 0. The second-order valence-electron chi connectivity index (χ2n) is 4.24. The zero-order valence-corrected chi connectivity index (χ0v) is 9.34. The predicted octanol–water partition coefficient (Wildman–Crippen LogP) is 1.76. The van der Waals surface area contributed by atoms with E-state index in [0.29, 0.717) is 11.6 Å². The highest BCUT2D eigenvalue weighted by Gasteiger charge is 2.23. The van der Waals surface area contributed by atoms with Gasteiger partial charge in [0.25, 0.3) is 5.91 Å². The summed E-state index contributed by atoms with van der Waals surface area (Å²) in [5.74, 6) is 0.789. The molecule has 2 aromatic rings. The largest absolute Gasteiger partial charge is 0.349 e. The number of aromatic nitrogens is 2. The van der Waals surface area contributed by atoms with Gasteiger partial charge in [0, 0.05) is 24.6 Å². The average molecular weight is 227 g/mol. The molecule has 1 saturated carbocycles. The van der Waals surface area contributed by atoms with Gasteiger partial charge in [0.1, 0.15) is 5.82 Å². The number of carbonyl (C=O) groups excluding carboxylic acids is 1. The lowest BCUT2D eigenvalue weighted by Gasteiger charge is -2.05. The van der Waals surface area contributed by atoms with Crippen LogP contribution in [-0.4, -0.2) is 21.5 Å². The van der Waals surface area contributed by atoms with E-state index in [2.05, 4.69) is 10.3 Å². The third-order valence-corrected chi connectivity index (χ3v) is 2.79. The van der Waals surface area contributed by atoms with E-state index in [-0.39, 0.29) is 5.91 Å². The van der Waals surface area contributed by atoms with Crippen LogP contribution in [0.4, 0.5) is 0 Å². The van der Waals surface area contributed by atoms with Crippen LogP contribution in [0.25, 0.3) is 5.82 Å². The van der Waals surface area contributed by atoms with E-state index < -0.39 is 0 Å². The molecule has 4 heteroatoms. The van der Waals surface area contributed by atoms with Crippen LogP contribution in [0.3, 0.4) is 0 Å². The molecule has 1 aliphatic carbocycles. The molecule has 1 fully saturated rings. The first-order chi connectivity index (χ1) is 8.33. The first kappa shape index (κ1) is 10.1. The molecule has 1 amide bonds. The Kier molecular flexibility index (Phi) is 2.40. The quantitative estimate of drug-likeness (QED) is 0.868. The Morgan fingerprint density at radius 3 is 2.65 bits per heavy atom. The van der Waals surface area contributed by atoms with Gasteiger partial charge in [-0.05, 0) is 37.1 Å². The van der Waals surface area contributed by atoms with Crippen LogP contribution in [0.5, 0.6) is 0 Å². The monoisotopic (exact) mass is 227 g/mol. The smallest absolute Gasteiger partial charge is 0.253 e. The molecular formula is C13H13N3O. The standard InChI is InChI=1S/C13H13N3O/c17-13(15-11-4-5-11)10-3-6-12(14-9-10)16-7-1-2-8-16/h1-3,6-9,11H,4-5H2,(H,15,17). The molecule has 4 nitrogen and oxygen atoms in total. The number of nitrogens with one attached hydrogen (secondary N) is 1. The Labute approximate surface area is 99.3 Å². The predicted molar refractivity (Wildman–Crippen MR) is 64.1 cm³/mol. The zero-order chi connectivity index (χ0) is 11.7. The van der Waals surface area contributed by atoms with Crippen LogP contribution >= 0.6 is 0 Å². The van der Waals surface area contributed by atoms with E-state index in [1.165, 1.54) is 0 Å². The van der Waals surface area contributed by atoms with Gasteiger partial charge in [0.05, 0.1) is 5.56 Å². The van der Waals surface area contributed by atoms with Crippen LogP contribution in [-0.2, 0) is 0 Å². The fourth-order valence-electron chi connectivity index (χ4n) is 1.66. The number of hydrogen-bond acceptors (Lipinski definition) is 2. The van der Waals surface area contributed by atoms with Gasteiger partial charge in [-0.15, -0.1) is 0 Å². The lowest BCUT2D eigenvalue weighted by Crippen LogP contribution is -2.25. The molecule has 86 valence electrons. The van der Waals surface area contributed by atoms with E-state index in [1.54, 1.807) is 12.3 Å². The highest BCUT2D eigenvalue weighted by atomic mass is 16.1. The van der Waals surface area contributed by atoms with Crippen molar-refractivity contribution < 1.29 is 4.79 Å². The molecule has 0 atom stereocenters. The number of nitrogens with zero attached hydrogens (tertiary/aromatic N) is 2. The van der Waals surface area contributed by atoms with Crippen molar-refractivity contribution >= 4 is 5.91 Å². The summed E-state index contributed by atoms with van der Waals surface area (Å²) in [7, 11) is 0. The lowest BCUT2D eigenvalue weighted by molar-refractivity contribution is 0.0950. The number of carbonyl (C=O) groups is 1. The number of hydrogen-bond donors (Lipinski definition) is 1. The van der Waals surface area contributed by atoms with Crippen molar-refractivity contribution in [2.75, 3.05) is 0 Å². The first-order valence-electron chi connectivity index (χ1n) is 5.73. The highest BCUT2D eigenvalue weighted by Crippen LogP contribution is 2.19. The fourth-order valence-corrected chi connectivity index (χ4v) is 1.66.